The lowest BCUT2D eigenvalue weighted by Crippen LogP contribution is -2.40. The first-order chi connectivity index (χ1) is 7.54. The lowest BCUT2D eigenvalue weighted by atomic mass is 10.2. The van der Waals surface area contributed by atoms with Crippen molar-refractivity contribution in [1.29, 1.82) is 0 Å². The van der Waals surface area contributed by atoms with E-state index >= 15 is 0 Å². The van der Waals surface area contributed by atoms with E-state index in [1.54, 1.807) is 6.92 Å². The van der Waals surface area contributed by atoms with Crippen LogP contribution in [0.25, 0.3) is 0 Å². The molecular weight excluding hydrogens is 276 g/mol. The number of amides is 1. The molecule has 86 valence electrons. The average Bonchev–Trinajstić information content (AvgIpc) is 2.25. The molecule has 5 nitrogen and oxygen atoms in total. The third-order valence-electron chi connectivity index (χ3n) is 2.00. The van der Waals surface area contributed by atoms with Crippen molar-refractivity contribution in [3.63, 3.8) is 0 Å². The highest BCUT2D eigenvalue weighted by atomic mass is 79.9. The number of hydrogen-bond acceptors (Lipinski definition) is 3. The lowest BCUT2D eigenvalue weighted by molar-refractivity contribution is -0.139. The number of rotatable bonds is 4. The molecule has 0 aromatic carbocycles. The van der Waals surface area contributed by atoms with Gasteiger partial charge in [0.15, 0.2) is 0 Å². The molecule has 16 heavy (non-hydrogen) atoms. The van der Waals surface area contributed by atoms with Crippen LogP contribution in [-0.4, -0.2) is 28.0 Å². The predicted octanol–water partition coefficient (Wildman–Crippen LogP) is 1.44. The SMILES string of the molecule is CCC(NC(=O)c1ccnc(Br)c1)C(=O)O. The van der Waals surface area contributed by atoms with Crippen molar-refractivity contribution in [3.05, 3.63) is 28.5 Å². The molecule has 0 spiro atoms. The summed E-state index contributed by atoms with van der Waals surface area (Å²) in [5, 5.41) is 11.2. The number of aliphatic carboxylic acids is 1. The minimum atomic E-state index is -1.04. The Balaban J connectivity index is 2.75. The van der Waals surface area contributed by atoms with Gasteiger partial charge >= 0.3 is 5.97 Å². The van der Waals surface area contributed by atoms with Gasteiger partial charge in [0.2, 0.25) is 0 Å². The molecular formula is C10H11BrN2O3. The zero-order valence-electron chi connectivity index (χ0n) is 8.61. The minimum Gasteiger partial charge on any atom is -0.480 e. The molecule has 0 aliphatic rings. The van der Waals surface area contributed by atoms with Crippen molar-refractivity contribution in [2.45, 2.75) is 19.4 Å². The fourth-order valence-corrected chi connectivity index (χ4v) is 1.49. The number of carboxylic acid groups (broad SMARTS) is 1. The standard InChI is InChI=1S/C10H11BrN2O3/c1-2-7(10(15)16)13-9(14)6-3-4-12-8(11)5-6/h3-5,7H,2H2,1H3,(H,13,14)(H,15,16). The fourth-order valence-electron chi connectivity index (χ4n) is 1.12. The van der Waals surface area contributed by atoms with Crippen LogP contribution >= 0.6 is 15.9 Å². The van der Waals surface area contributed by atoms with Gasteiger partial charge in [-0.05, 0) is 34.5 Å². The monoisotopic (exact) mass is 286 g/mol. The summed E-state index contributed by atoms with van der Waals surface area (Å²) in [4.78, 5) is 26.3. The molecule has 6 heteroatoms. The van der Waals surface area contributed by atoms with E-state index in [-0.39, 0.29) is 0 Å². The molecule has 1 aromatic rings. The van der Waals surface area contributed by atoms with Gasteiger partial charge in [0, 0.05) is 11.8 Å². The van der Waals surface area contributed by atoms with E-state index in [9.17, 15) is 9.59 Å². The first-order valence-electron chi connectivity index (χ1n) is 4.69. The first kappa shape index (κ1) is 12.6. The maximum atomic E-state index is 11.6. The Kier molecular flexibility index (Phi) is 4.42. The van der Waals surface area contributed by atoms with Gasteiger partial charge in [-0.25, -0.2) is 9.78 Å². The van der Waals surface area contributed by atoms with E-state index in [4.69, 9.17) is 5.11 Å². The van der Waals surface area contributed by atoms with E-state index in [2.05, 4.69) is 26.2 Å². The molecule has 2 N–H and O–H groups in total. The predicted molar refractivity (Wildman–Crippen MR) is 61.1 cm³/mol. The Bertz CT molecular complexity index is 409. The van der Waals surface area contributed by atoms with Crippen molar-refractivity contribution >= 4 is 27.8 Å². The average molecular weight is 287 g/mol. The van der Waals surface area contributed by atoms with Crippen LogP contribution < -0.4 is 5.32 Å². The number of pyridine rings is 1. The van der Waals surface area contributed by atoms with Gasteiger partial charge in [0.05, 0.1) is 0 Å². The maximum Gasteiger partial charge on any atom is 0.326 e. The van der Waals surface area contributed by atoms with Gasteiger partial charge < -0.3 is 10.4 Å². The molecule has 0 fully saturated rings. The summed E-state index contributed by atoms with van der Waals surface area (Å²) in [6.07, 6.45) is 1.81. The third kappa shape index (κ3) is 3.30. The topological polar surface area (TPSA) is 79.3 Å². The van der Waals surface area contributed by atoms with Crippen LogP contribution in [0.1, 0.15) is 23.7 Å². The molecule has 0 saturated heterocycles. The summed E-state index contributed by atoms with van der Waals surface area (Å²) in [6.45, 7) is 1.70. The zero-order chi connectivity index (χ0) is 12.1. The van der Waals surface area contributed by atoms with Gasteiger partial charge in [-0.15, -0.1) is 0 Å². The molecule has 0 radical (unpaired) electrons. The van der Waals surface area contributed by atoms with Crippen molar-refractivity contribution in [3.8, 4) is 0 Å². The molecule has 1 aromatic heterocycles. The van der Waals surface area contributed by atoms with Crippen LogP contribution in [0.4, 0.5) is 0 Å². The fraction of sp³-hybridized carbons (Fsp3) is 0.300. The van der Waals surface area contributed by atoms with Crippen LogP contribution in [0.2, 0.25) is 0 Å². The van der Waals surface area contributed by atoms with Crippen molar-refractivity contribution in [1.82, 2.24) is 10.3 Å². The van der Waals surface area contributed by atoms with Crippen LogP contribution in [0.5, 0.6) is 0 Å². The van der Waals surface area contributed by atoms with Crippen molar-refractivity contribution in [2.75, 3.05) is 0 Å². The van der Waals surface area contributed by atoms with Gasteiger partial charge in [0.25, 0.3) is 5.91 Å². The lowest BCUT2D eigenvalue weighted by Gasteiger charge is -2.11. The summed E-state index contributed by atoms with van der Waals surface area (Å²) >= 11 is 3.14. The summed E-state index contributed by atoms with van der Waals surface area (Å²) in [6, 6.07) is 2.19. The number of carboxylic acids is 1. The van der Waals surface area contributed by atoms with E-state index in [1.807, 2.05) is 0 Å². The molecule has 1 amide bonds. The highest BCUT2D eigenvalue weighted by Gasteiger charge is 2.18. The molecule has 1 heterocycles. The number of carbonyl (C=O) groups is 2. The number of halogens is 1. The zero-order valence-corrected chi connectivity index (χ0v) is 10.2. The number of nitrogens with one attached hydrogen (secondary N) is 1. The van der Waals surface area contributed by atoms with Crippen molar-refractivity contribution < 1.29 is 14.7 Å². The summed E-state index contributed by atoms with van der Waals surface area (Å²) in [7, 11) is 0. The number of carbonyl (C=O) groups excluding carboxylic acids is 1. The second-order valence-corrected chi connectivity index (χ2v) is 3.95. The highest BCUT2D eigenvalue weighted by Crippen LogP contribution is 2.08. The smallest absolute Gasteiger partial charge is 0.326 e. The molecule has 1 rings (SSSR count). The van der Waals surface area contributed by atoms with Crippen LogP contribution in [0, 0.1) is 0 Å². The Labute approximate surface area is 101 Å². The molecule has 0 saturated carbocycles. The number of hydrogen-bond donors (Lipinski definition) is 2. The molecule has 1 atom stereocenters. The number of nitrogens with zero attached hydrogens (tertiary/aromatic N) is 1. The Hall–Kier alpha value is -1.43. The van der Waals surface area contributed by atoms with E-state index < -0.39 is 17.9 Å². The Morgan fingerprint density at radius 1 is 1.62 bits per heavy atom. The van der Waals surface area contributed by atoms with Crippen LogP contribution in [0.3, 0.4) is 0 Å². The van der Waals surface area contributed by atoms with E-state index in [1.165, 1.54) is 18.3 Å². The molecule has 0 aliphatic heterocycles. The first-order valence-corrected chi connectivity index (χ1v) is 5.49. The minimum absolute atomic E-state index is 0.341. The molecule has 0 aliphatic carbocycles. The normalized spacial score (nSPS) is 11.9. The van der Waals surface area contributed by atoms with Crippen LogP contribution in [-0.2, 0) is 4.79 Å². The van der Waals surface area contributed by atoms with Gasteiger partial charge in [-0.1, -0.05) is 6.92 Å². The third-order valence-corrected chi connectivity index (χ3v) is 2.43. The van der Waals surface area contributed by atoms with Gasteiger partial charge in [-0.3, -0.25) is 4.79 Å². The quantitative estimate of drug-likeness (QED) is 0.821. The molecule has 1 unspecified atom stereocenters. The van der Waals surface area contributed by atoms with Crippen molar-refractivity contribution in [2.24, 2.45) is 0 Å². The van der Waals surface area contributed by atoms with Gasteiger partial charge in [-0.2, -0.15) is 0 Å². The second-order valence-electron chi connectivity index (χ2n) is 3.14. The Morgan fingerprint density at radius 3 is 2.81 bits per heavy atom. The summed E-state index contributed by atoms with van der Waals surface area (Å²) < 4.78 is 0.531. The van der Waals surface area contributed by atoms with E-state index in [0.717, 1.165) is 0 Å². The second kappa shape index (κ2) is 5.60. The highest BCUT2D eigenvalue weighted by molar-refractivity contribution is 9.10. The Morgan fingerprint density at radius 2 is 2.31 bits per heavy atom. The maximum absolute atomic E-state index is 11.6. The summed E-state index contributed by atoms with van der Waals surface area (Å²) in [5.41, 5.74) is 0.376. The molecule has 0 bridgehead atoms. The van der Waals surface area contributed by atoms with Gasteiger partial charge in [0.1, 0.15) is 10.6 Å². The summed E-state index contributed by atoms with van der Waals surface area (Å²) in [5.74, 6) is -1.46. The van der Waals surface area contributed by atoms with Crippen LogP contribution in [0.15, 0.2) is 22.9 Å². The van der Waals surface area contributed by atoms with E-state index in [0.29, 0.717) is 16.6 Å². The largest absolute Gasteiger partial charge is 0.480 e. The number of aromatic nitrogens is 1.